The first-order valence-electron chi connectivity index (χ1n) is 9.80. The average molecular weight is 394 g/mol. The molecule has 0 spiro atoms. The molecule has 0 bridgehead atoms. The number of carbonyl (C=O) groups is 1. The largest absolute Gasteiger partial charge is 0.345 e. The number of amides is 1. The van der Waals surface area contributed by atoms with Crippen LogP contribution in [0.15, 0.2) is 46.1 Å². The molecular weight excluding hydrogens is 368 g/mol. The predicted molar refractivity (Wildman–Crippen MR) is 113 cm³/mol. The minimum atomic E-state index is -0.558. The van der Waals surface area contributed by atoms with Crippen molar-refractivity contribution in [2.75, 3.05) is 0 Å². The Morgan fingerprint density at radius 2 is 1.90 bits per heavy atom. The van der Waals surface area contributed by atoms with E-state index in [-0.39, 0.29) is 34.5 Å². The number of fused-ring (bicyclic) bond motifs is 1. The van der Waals surface area contributed by atoms with Crippen LogP contribution in [0, 0.1) is 5.92 Å². The molecular formula is C22H26N4O3. The van der Waals surface area contributed by atoms with Gasteiger partial charge in [0.2, 0.25) is 0 Å². The Morgan fingerprint density at radius 1 is 1.21 bits per heavy atom. The van der Waals surface area contributed by atoms with Crippen molar-refractivity contribution >= 4 is 16.9 Å². The zero-order chi connectivity index (χ0) is 21.1. The summed E-state index contributed by atoms with van der Waals surface area (Å²) >= 11 is 0. The first-order valence-corrected chi connectivity index (χ1v) is 9.80. The van der Waals surface area contributed by atoms with Gasteiger partial charge in [-0.3, -0.25) is 19.1 Å². The van der Waals surface area contributed by atoms with Gasteiger partial charge in [-0.05, 0) is 29.5 Å². The van der Waals surface area contributed by atoms with Crippen molar-refractivity contribution in [2.45, 2.75) is 39.7 Å². The summed E-state index contributed by atoms with van der Waals surface area (Å²) in [6, 6.07) is 9.59. The predicted octanol–water partition coefficient (Wildman–Crippen LogP) is 2.70. The average Bonchev–Trinajstić information content (AvgIpc) is 2.70. The van der Waals surface area contributed by atoms with E-state index in [0.29, 0.717) is 0 Å². The van der Waals surface area contributed by atoms with Crippen LogP contribution in [0.4, 0.5) is 0 Å². The quantitative estimate of drug-likeness (QED) is 0.672. The van der Waals surface area contributed by atoms with Gasteiger partial charge >= 0.3 is 5.69 Å². The van der Waals surface area contributed by atoms with Gasteiger partial charge in [-0.15, -0.1) is 0 Å². The second kappa shape index (κ2) is 8.43. The monoisotopic (exact) mass is 394 g/mol. The van der Waals surface area contributed by atoms with Gasteiger partial charge in [0.05, 0.1) is 17.0 Å². The number of pyridine rings is 1. The molecule has 7 heteroatoms. The number of benzene rings is 1. The van der Waals surface area contributed by atoms with E-state index in [1.165, 1.54) is 29.4 Å². The second-order valence-corrected chi connectivity index (χ2v) is 7.60. The molecule has 0 unspecified atom stereocenters. The lowest BCUT2D eigenvalue weighted by Crippen LogP contribution is -2.32. The number of nitrogens with zero attached hydrogens (tertiary/aromatic N) is 2. The molecule has 2 heterocycles. The van der Waals surface area contributed by atoms with Crippen molar-refractivity contribution in [2.24, 2.45) is 13.0 Å². The van der Waals surface area contributed by atoms with Crippen LogP contribution in [0.1, 0.15) is 54.7 Å². The summed E-state index contributed by atoms with van der Waals surface area (Å²) in [7, 11) is 1.52. The third-order valence-corrected chi connectivity index (χ3v) is 5.05. The van der Waals surface area contributed by atoms with E-state index in [0.717, 1.165) is 18.4 Å². The number of H-pyrrole nitrogens is 1. The lowest BCUT2D eigenvalue weighted by Gasteiger charge is -2.23. The van der Waals surface area contributed by atoms with E-state index >= 15 is 0 Å². The van der Waals surface area contributed by atoms with Gasteiger partial charge in [0.1, 0.15) is 5.65 Å². The Balaban J connectivity index is 1.90. The van der Waals surface area contributed by atoms with Crippen LogP contribution >= 0.6 is 0 Å². The molecule has 7 nitrogen and oxygen atoms in total. The zero-order valence-corrected chi connectivity index (χ0v) is 17.2. The molecule has 0 aliphatic heterocycles. The minimum Gasteiger partial charge on any atom is -0.345 e. The minimum absolute atomic E-state index is 0.174. The van der Waals surface area contributed by atoms with Gasteiger partial charge in [0.25, 0.3) is 11.5 Å². The molecule has 1 amide bonds. The Labute approximate surface area is 168 Å². The van der Waals surface area contributed by atoms with Crippen molar-refractivity contribution < 1.29 is 4.79 Å². The molecule has 1 atom stereocenters. The molecule has 2 N–H and O–H groups in total. The molecule has 152 valence electrons. The van der Waals surface area contributed by atoms with Gasteiger partial charge in [-0.2, -0.15) is 0 Å². The second-order valence-electron chi connectivity index (χ2n) is 7.60. The van der Waals surface area contributed by atoms with Crippen LogP contribution in [-0.2, 0) is 13.5 Å². The molecule has 3 aromatic rings. The van der Waals surface area contributed by atoms with Crippen molar-refractivity contribution in [1.82, 2.24) is 19.9 Å². The van der Waals surface area contributed by atoms with Gasteiger partial charge in [-0.25, -0.2) is 9.78 Å². The molecule has 0 radical (unpaired) electrons. The summed E-state index contributed by atoms with van der Waals surface area (Å²) in [6.45, 7) is 6.24. The van der Waals surface area contributed by atoms with Gasteiger partial charge in [0.15, 0.2) is 0 Å². The van der Waals surface area contributed by atoms with E-state index in [4.69, 9.17) is 0 Å². The van der Waals surface area contributed by atoms with Gasteiger partial charge < -0.3 is 5.32 Å². The molecule has 0 fully saturated rings. The third-order valence-electron chi connectivity index (χ3n) is 5.05. The Morgan fingerprint density at radius 3 is 2.52 bits per heavy atom. The molecule has 3 rings (SSSR count). The van der Waals surface area contributed by atoms with E-state index < -0.39 is 11.2 Å². The van der Waals surface area contributed by atoms with Crippen LogP contribution in [0.3, 0.4) is 0 Å². The lowest BCUT2D eigenvalue weighted by molar-refractivity contribution is 0.0925. The van der Waals surface area contributed by atoms with Crippen LogP contribution in [0.5, 0.6) is 0 Å². The fourth-order valence-corrected chi connectivity index (χ4v) is 3.40. The summed E-state index contributed by atoms with van der Waals surface area (Å²) in [5.74, 6) is -0.141. The lowest BCUT2D eigenvalue weighted by atomic mass is 9.94. The van der Waals surface area contributed by atoms with Gasteiger partial charge in [0, 0.05) is 13.2 Å². The van der Waals surface area contributed by atoms with Crippen molar-refractivity contribution in [3.05, 3.63) is 74.1 Å². The number of hydrogen-bond acceptors (Lipinski definition) is 4. The molecule has 0 aliphatic rings. The smallest absolute Gasteiger partial charge is 0.329 e. The Bertz CT molecular complexity index is 1140. The van der Waals surface area contributed by atoms with E-state index in [9.17, 15) is 14.4 Å². The number of carbonyl (C=O) groups excluding carboxylic acids is 1. The van der Waals surface area contributed by atoms with E-state index in [1.807, 2.05) is 13.8 Å². The van der Waals surface area contributed by atoms with E-state index in [2.05, 4.69) is 46.5 Å². The topological polar surface area (TPSA) is 96.8 Å². The zero-order valence-electron chi connectivity index (χ0n) is 17.2. The number of nitrogens with one attached hydrogen (secondary N) is 2. The fraction of sp³-hybridized carbons (Fsp3) is 0.364. The SMILES string of the molecule is CCCc1ccc([C@H](NC(=O)c2cnc3c(c2)c(=O)[nH]c(=O)n3C)C(C)C)cc1. The van der Waals surface area contributed by atoms with Crippen LogP contribution in [-0.4, -0.2) is 20.4 Å². The normalized spacial score (nSPS) is 12.3. The third kappa shape index (κ3) is 4.29. The summed E-state index contributed by atoms with van der Waals surface area (Å²) < 4.78 is 1.24. The summed E-state index contributed by atoms with van der Waals surface area (Å²) in [6.07, 6.45) is 3.50. The number of aromatic nitrogens is 3. The standard InChI is InChI=1S/C22H26N4O3/c1-5-6-14-7-9-15(10-8-14)18(13(2)3)24-20(27)16-11-17-19(23-12-16)26(4)22(29)25-21(17)28/h7-13,18H,5-6H2,1-4H3,(H,24,27)(H,25,28,29)/t18-/m1/s1. The summed E-state index contributed by atoms with van der Waals surface area (Å²) in [4.78, 5) is 43.1. The molecule has 29 heavy (non-hydrogen) atoms. The highest BCUT2D eigenvalue weighted by atomic mass is 16.2. The van der Waals surface area contributed by atoms with Crippen molar-refractivity contribution in [3.63, 3.8) is 0 Å². The maximum Gasteiger partial charge on any atom is 0.329 e. The highest BCUT2D eigenvalue weighted by Crippen LogP contribution is 2.23. The Kier molecular flexibility index (Phi) is 5.96. The maximum atomic E-state index is 12.9. The summed E-state index contributed by atoms with van der Waals surface area (Å²) in [5.41, 5.74) is 1.71. The fourth-order valence-electron chi connectivity index (χ4n) is 3.40. The first kappa shape index (κ1) is 20.5. The molecule has 0 saturated heterocycles. The number of rotatable bonds is 6. The number of aromatic amines is 1. The summed E-state index contributed by atoms with van der Waals surface area (Å²) in [5, 5.41) is 3.25. The van der Waals surface area contributed by atoms with Crippen molar-refractivity contribution in [1.29, 1.82) is 0 Å². The number of aryl methyl sites for hydroxylation is 2. The van der Waals surface area contributed by atoms with Crippen LogP contribution < -0.4 is 16.6 Å². The highest BCUT2D eigenvalue weighted by molar-refractivity contribution is 5.96. The van der Waals surface area contributed by atoms with E-state index in [1.54, 1.807) is 0 Å². The molecule has 2 aromatic heterocycles. The van der Waals surface area contributed by atoms with Crippen LogP contribution in [0.2, 0.25) is 0 Å². The van der Waals surface area contributed by atoms with Crippen molar-refractivity contribution in [3.8, 4) is 0 Å². The Hall–Kier alpha value is -3.22. The van der Waals surface area contributed by atoms with Gasteiger partial charge in [-0.1, -0.05) is 51.5 Å². The van der Waals surface area contributed by atoms with Crippen LogP contribution in [0.25, 0.3) is 11.0 Å². The molecule has 1 aromatic carbocycles. The maximum absolute atomic E-state index is 12.9. The highest BCUT2D eigenvalue weighted by Gasteiger charge is 2.20. The first-order chi connectivity index (χ1) is 13.8. The molecule has 0 saturated carbocycles. The molecule has 0 aliphatic carbocycles. The number of hydrogen-bond donors (Lipinski definition) is 2.